The second-order valence-corrected chi connectivity index (χ2v) is 8.87. The molecule has 0 saturated heterocycles. The Kier molecular flexibility index (Phi) is 5.96. The van der Waals surface area contributed by atoms with Crippen LogP contribution in [0, 0.1) is 17.8 Å². The first-order chi connectivity index (χ1) is 10.8. The van der Waals surface area contributed by atoms with Gasteiger partial charge >= 0.3 is 0 Å². The molecule has 0 heterocycles. The van der Waals surface area contributed by atoms with E-state index in [4.69, 9.17) is 0 Å². The lowest BCUT2D eigenvalue weighted by Crippen LogP contribution is -2.37. The van der Waals surface area contributed by atoms with Crippen LogP contribution in [-0.2, 0) is 0 Å². The molecular weight excluding hydrogens is 263 g/mol. The fourth-order valence-corrected chi connectivity index (χ4v) is 7.19. The minimum atomic E-state index is 1.07. The Hall–Kier alpha value is 0.0649. The van der Waals surface area contributed by atoms with Crippen molar-refractivity contribution in [2.45, 2.75) is 115 Å². The maximum Gasteiger partial charge on any atom is 0.150 e. The smallest absolute Gasteiger partial charge is 0.0651 e. The topological polar surface area (TPSA) is 0 Å². The molecule has 3 aliphatic carbocycles. The van der Waals surface area contributed by atoms with Crippen LogP contribution in [0.5, 0.6) is 0 Å². The average molecular weight is 302 g/mol. The fourth-order valence-electron chi connectivity index (χ4n) is 7.19. The zero-order valence-corrected chi connectivity index (χ0v) is 15.5. The maximum absolute atomic E-state index is 2.47. The van der Waals surface area contributed by atoms with Crippen molar-refractivity contribution in [2.75, 3.05) is 0 Å². The van der Waals surface area contributed by atoms with Gasteiger partial charge in [-0.2, -0.15) is 0 Å². The van der Waals surface area contributed by atoms with Crippen LogP contribution in [0.4, 0.5) is 0 Å². The largest absolute Gasteiger partial charge is 0.150 e. The summed E-state index contributed by atoms with van der Waals surface area (Å²) in [5.74, 6) is 6.50. The van der Waals surface area contributed by atoms with Crippen molar-refractivity contribution in [1.82, 2.24) is 0 Å². The SMILES string of the molecule is CCC1CCCC1B(C1CCCC1CC)C1CCCC1CC. The normalized spacial score (nSPS) is 42.1. The summed E-state index contributed by atoms with van der Waals surface area (Å²) >= 11 is 0. The summed E-state index contributed by atoms with van der Waals surface area (Å²) in [4.78, 5) is 0. The van der Waals surface area contributed by atoms with E-state index >= 15 is 0 Å². The number of rotatable bonds is 6. The van der Waals surface area contributed by atoms with Gasteiger partial charge in [0.05, 0.1) is 0 Å². The minimum absolute atomic E-state index is 1.07. The first-order valence-corrected chi connectivity index (χ1v) is 10.8. The Morgan fingerprint density at radius 3 is 1.14 bits per heavy atom. The van der Waals surface area contributed by atoms with E-state index in [1.165, 1.54) is 38.5 Å². The molecular formula is C21H39B. The zero-order chi connectivity index (χ0) is 15.5. The molecule has 6 unspecified atom stereocenters. The van der Waals surface area contributed by atoms with Gasteiger partial charge in [-0.1, -0.05) is 115 Å². The molecule has 3 fully saturated rings. The third-order valence-electron chi connectivity index (χ3n) is 8.21. The molecule has 0 aromatic carbocycles. The van der Waals surface area contributed by atoms with E-state index < -0.39 is 0 Å². The molecule has 6 atom stereocenters. The molecule has 0 radical (unpaired) electrons. The lowest BCUT2D eigenvalue weighted by molar-refractivity contribution is 0.455. The quantitative estimate of drug-likeness (QED) is 0.454. The molecule has 0 bridgehead atoms. The summed E-state index contributed by atoms with van der Waals surface area (Å²) in [6.45, 7) is 8.51. The summed E-state index contributed by atoms with van der Waals surface area (Å²) in [5, 5.41) is 0. The van der Waals surface area contributed by atoms with Crippen LogP contribution in [0.3, 0.4) is 0 Å². The predicted octanol–water partition coefficient (Wildman–Crippen LogP) is 7.22. The standard InChI is InChI=1S/C21H39B/c1-4-16-10-7-13-19(16)22(20-14-8-11-17(20)5-2)21-15-9-12-18(21)6-3/h16-21H,4-15H2,1-3H3. The third-order valence-corrected chi connectivity index (χ3v) is 8.21. The first kappa shape index (κ1) is 16.9. The molecule has 0 aromatic heterocycles. The lowest BCUT2D eigenvalue weighted by atomic mass is 9.24. The van der Waals surface area contributed by atoms with Gasteiger partial charge in [0.2, 0.25) is 0 Å². The molecule has 22 heavy (non-hydrogen) atoms. The van der Waals surface area contributed by atoms with Crippen LogP contribution in [0.2, 0.25) is 17.5 Å². The van der Waals surface area contributed by atoms with Crippen molar-refractivity contribution in [3.8, 4) is 0 Å². The van der Waals surface area contributed by atoms with Crippen LogP contribution < -0.4 is 0 Å². The summed E-state index contributed by atoms with van der Waals surface area (Å²) < 4.78 is 0. The lowest BCUT2D eigenvalue weighted by Gasteiger charge is -2.39. The van der Waals surface area contributed by atoms with E-state index in [9.17, 15) is 0 Å². The Labute approximate surface area is 140 Å². The molecule has 3 aliphatic rings. The Balaban J connectivity index is 1.84. The molecule has 126 valence electrons. The molecule has 0 aromatic rings. The highest BCUT2D eigenvalue weighted by molar-refractivity contribution is 6.64. The van der Waals surface area contributed by atoms with Crippen LogP contribution in [0.25, 0.3) is 0 Å². The summed E-state index contributed by atoms with van der Waals surface area (Å²) in [7, 11) is 0. The van der Waals surface area contributed by atoms with Crippen molar-refractivity contribution in [1.29, 1.82) is 0 Å². The highest BCUT2D eigenvalue weighted by Crippen LogP contribution is 2.57. The van der Waals surface area contributed by atoms with Crippen molar-refractivity contribution >= 4 is 6.71 Å². The molecule has 0 spiro atoms. The van der Waals surface area contributed by atoms with Gasteiger partial charge in [0.25, 0.3) is 0 Å². The van der Waals surface area contributed by atoms with Crippen molar-refractivity contribution in [3.63, 3.8) is 0 Å². The highest BCUT2D eigenvalue weighted by atomic mass is 14.4. The van der Waals surface area contributed by atoms with Crippen LogP contribution in [-0.4, -0.2) is 6.71 Å². The Morgan fingerprint density at radius 2 is 0.864 bits per heavy atom. The van der Waals surface area contributed by atoms with Crippen molar-refractivity contribution in [3.05, 3.63) is 0 Å². The highest BCUT2D eigenvalue weighted by Gasteiger charge is 2.49. The van der Waals surface area contributed by atoms with E-state index in [2.05, 4.69) is 20.8 Å². The molecule has 3 saturated carbocycles. The second kappa shape index (κ2) is 7.76. The summed E-state index contributed by atoms with van der Waals surface area (Å²) in [5.41, 5.74) is 0. The van der Waals surface area contributed by atoms with Gasteiger partial charge in [-0.15, -0.1) is 0 Å². The van der Waals surface area contributed by atoms with Gasteiger partial charge in [-0.05, 0) is 17.8 Å². The maximum atomic E-state index is 2.47. The van der Waals surface area contributed by atoms with Gasteiger partial charge in [-0.3, -0.25) is 0 Å². The average Bonchev–Trinajstić information content (AvgIpc) is 3.28. The molecule has 0 aliphatic heterocycles. The first-order valence-electron chi connectivity index (χ1n) is 10.8. The van der Waals surface area contributed by atoms with Crippen LogP contribution >= 0.6 is 0 Å². The Morgan fingerprint density at radius 1 is 0.545 bits per heavy atom. The fraction of sp³-hybridized carbons (Fsp3) is 1.00. The van der Waals surface area contributed by atoms with Crippen LogP contribution in [0.15, 0.2) is 0 Å². The van der Waals surface area contributed by atoms with Gasteiger partial charge in [0, 0.05) is 0 Å². The second-order valence-electron chi connectivity index (χ2n) is 8.87. The van der Waals surface area contributed by atoms with Crippen molar-refractivity contribution in [2.24, 2.45) is 17.8 Å². The molecule has 0 N–H and O–H groups in total. The van der Waals surface area contributed by atoms with Gasteiger partial charge in [-0.25, -0.2) is 0 Å². The van der Waals surface area contributed by atoms with E-state index in [-0.39, 0.29) is 0 Å². The monoisotopic (exact) mass is 302 g/mol. The summed E-state index contributed by atoms with van der Waals surface area (Å²) in [6.07, 6.45) is 18.3. The van der Waals surface area contributed by atoms with Gasteiger partial charge in [0.15, 0.2) is 0 Å². The summed E-state index contributed by atoms with van der Waals surface area (Å²) in [6, 6.07) is 0. The van der Waals surface area contributed by atoms with E-state index in [0.717, 1.165) is 41.9 Å². The molecule has 0 nitrogen and oxygen atoms in total. The van der Waals surface area contributed by atoms with Gasteiger partial charge in [0.1, 0.15) is 6.71 Å². The zero-order valence-electron chi connectivity index (χ0n) is 15.5. The van der Waals surface area contributed by atoms with Crippen LogP contribution in [0.1, 0.15) is 97.8 Å². The predicted molar refractivity (Wildman–Crippen MR) is 99.9 cm³/mol. The minimum Gasteiger partial charge on any atom is -0.0651 e. The molecule has 0 amide bonds. The number of hydrogen-bond donors (Lipinski definition) is 0. The Bertz CT molecular complexity index is 286. The van der Waals surface area contributed by atoms with Gasteiger partial charge < -0.3 is 0 Å². The van der Waals surface area contributed by atoms with E-state index in [1.807, 2.05) is 0 Å². The molecule has 1 heteroatoms. The molecule has 3 rings (SSSR count). The van der Waals surface area contributed by atoms with Crippen molar-refractivity contribution < 1.29 is 0 Å². The van der Waals surface area contributed by atoms with E-state index in [1.54, 1.807) is 38.5 Å². The number of hydrogen-bond acceptors (Lipinski definition) is 0. The third kappa shape index (κ3) is 3.16. The van der Waals surface area contributed by atoms with E-state index in [0.29, 0.717) is 0 Å².